The minimum absolute atomic E-state index is 0.0446. The van der Waals surface area contributed by atoms with Crippen molar-refractivity contribution < 1.29 is 0 Å². The van der Waals surface area contributed by atoms with E-state index >= 15 is 0 Å². The van der Waals surface area contributed by atoms with Crippen LogP contribution in [-0.2, 0) is 7.05 Å². The van der Waals surface area contributed by atoms with Crippen molar-refractivity contribution in [3.63, 3.8) is 0 Å². The number of nitrogen functional groups attached to an aromatic ring is 1. The zero-order valence-electron chi connectivity index (χ0n) is 9.40. The second-order valence-electron chi connectivity index (χ2n) is 3.74. The van der Waals surface area contributed by atoms with Crippen LogP contribution in [0.5, 0.6) is 0 Å². The van der Waals surface area contributed by atoms with Crippen molar-refractivity contribution in [3.05, 3.63) is 46.3 Å². The number of nitrogens with two attached hydrogens (primary N) is 1. The number of hydrogen-bond donors (Lipinski definition) is 1. The van der Waals surface area contributed by atoms with Crippen molar-refractivity contribution in [1.82, 2.24) is 4.57 Å². The average molecular weight is 214 g/mol. The highest BCUT2D eigenvalue weighted by atomic mass is 16.1. The normalized spacial score (nSPS) is 11.4. The van der Waals surface area contributed by atoms with Crippen molar-refractivity contribution in [1.29, 1.82) is 0 Å². The summed E-state index contributed by atoms with van der Waals surface area (Å²) < 4.78 is 1.58. The number of rotatable bonds is 1. The molecule has 0 fully saturated rings. The van der Waals surface area contributed by atoms with Crippen LogP contribution in [0.2, 0.25) is 0 Å². The standard InChI is InChI=1S/C13H14N2O/c1-3-4-9-5-6-10-7-8-11(16)15(2)13(10)12(9)14/h3-8H,14H2,1-2H3/b4-3-. The van der Waals surface area contributed by atoms with Gasteiger partial charge in [-0.1, -0.05) is 24.3 Å². The van der Waals surface area contributed by atoms with Crippen LogP contribution >= 0.6 is 0 Å². The molecular weight excluding hydrogens is 200 g/mol. The molecule has 2 rings (SSSR count). The van der Waals surface area contributed by atoms with Gasteiger partial charge in [0.05, 0.1) is 11.2 Å². The molecule has 2 aromatic rings. The Balaban J connectivity index is 2.92. The first-order valence-electron chi connectivity index (χ1n) is 5.16. The molecule has 0 atom stereocenters. The summed E-state index contributed by atoms with van der Waals surface area (Å²) in [6.45, 7) is 1.94. The lowest BCUT2D eigenvalue weighted by Crippen LogP contribution is -2.16. The van der Waals surface area contributed by atoms with Crippen molar-refractivity contribution >= 4 is 22.7 Å². The lowest BCUT2D eigenvalue weighted by atomic mass is 10.1. The van der Waals surface area contributed by atoms with Gasteiger partial charge in [0.15, 0.2) is 0 Å². The lowest BCUT2D eigenvalue weighted by molar-refractivity contribution is 0.907. The summed E-state index contributed by atoms with van der Waals surface area (Å²) in [5.41, 5.74) is 8.40. The molecule has 3 heteroatoms. The van der Waals surface area contributed by atoms with Gasteiger partial charge in [0.2, 0.25) is 0 Å². The Morgan fingerprint density at radius 1 is 1.25 bits per heavy atom. The first-order chi connectivity index (χ1) is 7.65. The summed E-state index contributed by atoms with van der Waals surface area (Å²) in [6, 6.07) is 7.28. The van der Waals surface area contributed by atoms with Crippen molar-refractivity contribution in [2.75, 3.05) is 5.73 Å². The molecule has 0 amide bonds. The number of pyridine rings is 1. The summed E-state index contributed by atoms with van der Waals surface area (Å²) in [4.78, 5) is 11.5. The van der Waals surface area contributed by atoms with E-state index in [1.807, 2.05) is 31.2 Å². The van der Waals surface area contributed by atoms with E-state index in [9.17, 15) is 4.79 Å². The number of hydrogen-bond acceptors (Lipinski definition) is 2. The van der Waals surface area contributed by atoms with Gasteiger partial charge in [-0.3, -0.25) is 4.79 Å². The third-order valence-corrected chi connectivity index (χ3v) is 2.70. The lowest BCUT2D eigenvalue weighted by Gasteiger charge is -2.09. The number of nitrogens with zero attached hydrogens (tertiary/aromatic N) is 1. The van der Waals surface area contributed by atoms with Crippen molar-refractivity contribution in [3.8, 4) is 0 Å². The van der Waals surface area contributed by atoms with Crippen LogP contribution in [0, 0.1) is 0 Å². The third-order valence-electron chi connectivity index (χ3n) is 2.70. The quantitative estimate of drug-likeness (QED) is 0.739. The monoisotopic (exact) mass is 214 g/mol. The fraction of sp³-hybridized carbons (Fsp3) is 0.154. The van der Waals surface area contributed by atoms with E-state index in [0.29, 0.717) is 5.69 Å². The molecule has 2 N–H and O–H groups in total. The second kappa shape index (κ2) is 3.85. The van der Waals surface area contributed by atoms with Gasteiger partial charge in [-0.25, -0.2) is 0 Å². The molecule has 16 heavy (non-hydrogen) atoms. The zero-order chi connectivity index (χ0) is 11.7. The van der Waals surface area contributed by atoms with Gasteiger partial charge >= 0.3 is 0 Å². The van der Waals surface area contributed by atoms with Crippen LogP contribution in [-0.4, -0.2) is 4.57 Å². The molecule has 0 aliphatic heterocycles. The molecule has 0 bridgehead atoms. The maximum atomic E-state index is 11.5. The van der Waals surface area contributed by atoms with Gasteiger partial charge in [0.1, 0.15) is 0 Å². The molecule has 0 aliphatic carbocycles. The van der Waals surface area contributed by atoms with E-state index in [1.165, 1.54) is 0 Å². The first kappa shape index (κ1) is 10.5. The van der Waals surface area contributed by atoms with Crippen LogP contribution in [0.4, 0.5) is 5.69 Å². The van der Waals surface area contributed by atoms with Crippen LogP contribution in [0.25, 0.3) is 17.0 Å². The molecule has 0 unspecified atom stereocenters. The van der Waals surface area contributed by atoms with E-state index in [-0.39, 0.29) is 5.56 Å². The molecule has 0 saturated carbocycles. The SMILES string of the molecule is C/C=C\c1ccc2ccc(=O)n(C)c2c1N. The molecule has 3 nitrogen and oxygen atoms in total. The number of aromatic nitrogens is 1. The van der Waals surface area contributed by atoms with Crippen LogP contribution < -0.4 is 11.3 Å². The average Bonchev–Trinajstić information content (AvgIpc) is 2.27. The van der Waals surface area contributed by atoms with E-state index in [0.717, 1.165) is 16.5 Å². The highest BCUT2D eigenvalue weighted by Crippen LogP contribution is 2.24. The third kappa shape index (κ3) is 1.50. The van der Waals surface area contributed by atoms with E-state index in [1.54, 1.807) is 23.7 Å². The predicted molar refractivity (Wildman–Crippen MR) is 68.3 cm³/mol. The molecule has 82 valence electrons. The number of benzene rings is 1. The summed E-state index contributed by atoms with van der Waals surface area (Å²) in [5.74, 6) is 0. The molecular formula is C13H14N2O. The Morgan fingerprint density at radius 3 is 2.62 bits per heavy atom. The fourth-order valence-corrected chi connectivity index (χ4v) is 1.86. The Kier molecular flexibility index (Phi) is 2.52. The molecule has 0 spiro atoms. The van der Waals surface area contributed by atoms with Gasteiger partial charge in [0, 0.05) is 18.5 Å². The van der Waals surface area contributed by atoms with Gasteiger partial charge in [-0.15, -0.1) is 0 Å². The Morgan fingerprint density at radius 2 is 1.94 bits per heavy atom. The maximum Gasteiger partial charge on any atom is 0.250 e. The fourth-order valence-electron chi connectivity index (χ4n) is 1.86. The Bertz CT molecular complexity index is 624. The molecule has 0 aliphatic rings. The van der Waals surface area contributed by atoms with Crippen LogP contribution in [0.15, 0.2) is 35.1 Å². The van der Waals surface area contributed by atoms with Crippen LogP contribution in [0.3, 0.4) is 0 Å². The Hall–Kier alpha value is -2.03. The highest BCUT2D eigenvalue weighted by Gasteiger charge is 2.05. The predicted octanol–water partition coefficient (Wildman–Crippen LogP) is 2.15. The summed E-state index contributed by atoms with van der Waals surface area (Å²) in [5, 5.41) is 0.979. The van der Waals surface area contributed by atoms with Crippen molar-refractivity contribution in [2.24, 2.45) is 7.05 Å². The molecule has 1 aromatic heterocycles. The number of anilines is 1. The maximum absolute atomic E-state index is 11.5. The zero-order valence-corrected chi connectivity index (χ0v) is 9.40. The Labute approximate surface area is 93.8 Å². The molecule has 0 saturated heterocycles. The molecule has 0 radical (unpaired) electrons. The van der Waals surface area contributed by atoms with Crippen LogP contribution in [0.1, 0.15) is 12.5 Å². The minimum Gasteiger partial charge on any atom is -0.397 e. The molecule has 1 heterocycles. The van der Waals surface area contributed by atoms with Crippen molar-refractivity contribution in [2.45, 2.75) is 6.92 Å². The first-order valence-corrected chi connectivity index (χ1v) is 5.16. The van der Waals surface area contributed by atoms with Gasteiger partial charge in [-0.05, 0) is 18.6 Å². The number of fused-ring (bicyclic) bond motifs is 1. The highest BCUT2D eigenvalue weighted by molar-refractivity contribution is 5.94. The number of aryl methyl sites for hydroxylation is 1. The summed E-state index contributed by atoms with van der Waals surface area (Å²) in [6.07, 6.45) is 3.87. The van der Waals surface area contributed by atoms with E-state index < -0.39 is 0 Å². The molecule has 1 aromatic carbocycles. The second-order valence-corrected chi connectivity index (χ2v) is 3.74. The topological polar surface area (TPSA) is 48.0 Å². The number of allylic oxidation sites excluding steroid dienone is 1. The van der Waals surface area contributed by atoms with Gasteiger partial charge < -0.3 is 10.3 Å². The minimum atomic E-state index is -0.0446. The smallest absolute Gasteiger partial charge is 0.250 e. The van der Waals surface area contributed by atoms with Gasteiger partial charge in [0.25, 0.3) is 5.56 Å². The summed E-state index contributed by atoms with van der Waals surface area (Å²) in [7, 11) is 1.74. The van der Waals surface area contributed by atoms with E-state index in [4.69, 9.17) is 5.73 Å². The largest absolute Gasteiger partial charge is 0.397 e. The summed E-state index contributed by atoms with van der Waals surface area (Å²) >= 11 is 0. The van der Waals surface area contributed by atoms with E-state index in [2.05, 4.69) is 0 Å². The van der Waals surface area contributed by atoms with Gasteiger partial charge in [-0.2, -0.15) is 0 Å².